The van der Waals surface area contributed by atoms with Crippen LogP contribution >= 0.6 is 0 Å². The highest BCUT2D eigenvalue weighted by Crippen LogP contribution is 2.34. The SMILES string of the molecule is COCCNCc1ccc2c(c1)OCC[C@H]2NC(=O)C[C@@H](NS(=O)(=O)c1cccc(C(F)(F)F)c1)c1ccccc1. The zero-order valence-electron chi connectivity index (χ0n) is 22.4. The van der Waals surface area contributed by atoms with Crippen LogP contribution in [-0.4, -0.2) is 41.2 Å². The number of alkyl halides is 3. The Balaban J connectivity index is 1.49. The Bertz CT molecular complexity index is 1440. The third kappa shape index (κ3) is 8.29. The Morgan fingerprint density at radius 1 is 1.07 bits per heavy atom. The molecule has 220 valence electrons. The Kier molecular flexibility index (Phi) is 10.0. The van der Waals surface area contributed by atoms with Gasteiger partial charge in [0.05, 0.1) is 35.8 Å². The average molecular weight is 592 g/mol. The summed E-state index contributed by atoms with van der Waals surface area (Å²) in [5.74, 6) is 0.242. The summed E-state index contributed by atoms with van der Waals surface area (Å²) in [7, 11) is -2.76. The second kappa shape index (κ2) is 13.5. The number of sulfonamides is 1. The molecular formula is C29H32F3N3O5S. The number of rotatable bonds is 12. The molecule has 3 N–H and O–H groups in total. The molecule has 1 amide bonds. The fourth-order valence-corrected chi connectivity index (χ4v) is 5.82. The number of hydrogen-bond donors (Lipinski definition) is 3. The van der Waals surface area contributed by atoms with E-state index in [2.05, 4.69) is 15.4 Å². The highest BCUT2D eigenvalue weighted by molar-refractivity contribution is 7.89. The third-order valence-electron chi connectivity index (χ3n) is 6.63. The Labute approximate surface area is 237 Å². The van der Waals surface area contributed by atoms with Crippen molar-refractivity contribution >= 4 is 15.9 Å². The van der Waals surface area contributed by atoms with E-state index in [-0.39, 0.29) is 12.5 Å². The van der Waals surface area contributed by atoms with Crippen LogP contribution in [0.15, 0.2) is 77.7 Å². The molecule has 3 aromatic carbocycles. The number of methoxy groups -OCH3 is 1. The fraction of sp³-hybridized carbons (Fsp3) is 0.345. The molecule has 0 saturated carbocycles. The standard InChI is InChI=1S/C29H32F3N3O5S/c1-39-15-13-33-19-20-10-11-24-25(12-14-40-27(24)16-20)34-28(36)18-26(21-6-3-2-4-7-21)35-41(37,38)23-9-5-8-22(17-23)29(30,31)32/h2-11,16-17,25-26,33,35H,12-15,18-19H2,1H3,(H,34,36)/t25-,26-/m1/s1. The first-order valence-corrected chi connectivity index (χ1v) is 14.5. The summed E-state index contributed by atoms with van der Waals surface area (Å²) in [6, 6.07) is 16.3. The highest BCUT2D eigenvalue weighted by atomic mass is 32.2. The number of benzene rings is 3. The van der Waals surface area contributed by atoms with E-state index in [0.29, 0.717) is 50.1 Å². The lowest BCUT2D eigenvalue weighted by Gasteiger charge is -2.28. The summed E-state index contributed by atoms with van der Waals surface area (Å²) >= 11 is 0. The Morgan fingerprint density at radius 2 is 1.85 bits per heavy atom. The van der Waals surface area contributed by atoms with Crippen LogP contribution in [0, 0.1) is 0 Å². The number of ether oxygens (including phenoxy) is 2. The van der Waals surface area contributed by atoms with Gasteiger partial charge in [0.1, 0.15) is 5.75 Å². The monoisotopic (exact) mass is 591 g/mol. The summed E-state index contributed by atoms with van der Waals surface area (Å²) in [6.07, 6.45) is -4.45. The van der Waals surface area contributed by atoms with Crippen molar-refractivity contribution in [3.05, 3.63) is 95.1 Å². The van der Waals surface area contributed by atoms with E-state index < -0.39 is 38.6 Å². The lowest BCUT2D eigenvalue weighted by atomic mass is 9.98. The van der Waals surface area contributed by atoms with Crippen molar-refractivity contribution in [2.75, 3.05) is 26.9 Å². The number of carbonyl (C=O) groups excluding carboxylic acids is 1. The number of carbonyl (C=O) groups is 1. The van der Waals surface area contributed by atoms with Crippen LogP contribution in [0.25, 0.3) is 0 Å². The van der Waals surface area contributed by atoms with Crippen molar-refractivity contribution in [3.63, 3.8) is 0 Å². The van der Waals surface area contributed by atoms with E-state index in [1.807, 2.05) is 18.2 Å². The van der Waals surface area contributed by atoms with Gasteiger partial charge in [-0.1, -0.05) is 48.5 Å². The molecule has 0 unspecified atom stereocenters. The molecule has 1 heterocycles. The van der Waals surface area contributed by atoms with Crippen molar-refractivity contribution in [2.45, 2.75) is 42.5 Å². The number of amides is 1. The van der Waals surface area contributed by atoms with Gasteiger partial charge in [-0.05, 0) is 35.4 Å². The average Bonchev–Trinajstić information content (AvgIpc) is 2.95. The molecule has 3 aromatic rings. The molecule has 0 fully saturated rings. The van der Waals surface area contributed by atoms with Crippen LogP contribution in [0.2, 0.25) is 0 Å². The lowest BCUT2D eigenvalue weighted by molar-refractivity contribution is -0.137. The Morgan fingerprint density at radius 3 is 2.59 bits per heavy atom. The lowest BCUT2D eigenvalue weighted by Crippen LogP contribution is -2.36. The summed E-state index contributed by atoms with van der Waals surface area (Å²) < 4.78 is 79.2. The van der Waals surface area contributed by atoms with Crippen LogP contribution in [0.1, 0.15) is 47.2 Å². The summed E-state index contributed by atoms with van der Waals surface area (Å²) in [6.45, 7) is 2.31. The Hall–Kier alpha value is -3.45. The molecule has 0 saturated heterocycles. The largest absolute Gasteiger partial charge is 0.493 e. The predicted molar refractivity (Wildman–Crippen MR) is 147 cm³/mol. The van der Waals surface area contributed by atoms with Crippen molar-refractivity contribution in [3.8, 4) is 5.75 Å². The van der Waals surface area contributed by atoms with E-state index >= 15 is 0 Å². The van der Waals surface area contributed by atoms with Crippen molar-refractivity contribution in [1.29, 1.82) is 0 Å². The van der Waals surface area contributed by atoms with E-state index in [9.17, 15) is 26.4 Å². The van der Waals surface area contributed by atoms with Gasteiger partial charge in [0.15, 0.2) is 0 Å². The molecule has 0 radical (unpaired) electrons. The van der Waals surface area contributed by atoms with Crippen molar-refractivity contribution in [2.24, 2.45) is 0 Å². The second-order valence-corrected chi connectivity index (χ2v) is 11.3. The van der Waals surface area contributed by atoms with Gasteiger partial charge in [-0.3, -0.25) is 4.79 Å². The molecule has 0 aromatic heterocycles. The molecule has 1 aliphatic rings. The molecule has 8 nitrogen and oxygen atoms in total. The number of nitrogens with one attached hydrogen (secondary N) is 3. The van der Waals surface area contributed by atoms with Gasteiger partial charge in [-0.2, -0.15) is 13.2 Å². The topological polar surface area (TPSA) is 106 Å². The van der Waals surface area contributed by atoms with E-state index in [0.717, 1.165) is 29.3 Å². The molecule has 0 spiro atoms. The minimum absolute atomic E-state index is 0.267. The maximum absolute atomic E-state index is 13.2. The van der Waals surface area contributed by atoms with Crippen LogP contribution in [0.5, 0.6) is 5.75 Å². The molecule has 4 rings (SSSR count). The molecule has 12 heteroatoms. The maximum Gasteiger partial charge on any atom is 0.416 e. The van der Waals surface area contributed by atoms with Crippen molar-refractivity contribution < 1.29 is 35.9 Å². The van der Waals surface area contributed by atoms with Gasteiger partial charge >= 0.3 is 6.18 Å². The minimum Gasteiger partial charge on any atom is -0.493 e. The third-order valence-corrected chi connectivity index (χ3v) is 8.09. The quantitative estimate of drug-likeness (QED) is 0.268. The highest BCUT2D eigenvalue weighted by Gasteiger charge is 2.33. The molecule has 41 heavy (non-hydrogen) atoms. The predicted octanol–water partition coefficient (Wildman–Crippen LogP) is 4.49. The summed E-state index contributed by atoms with van der Waals surface area (Å²) in [5, 5.41) is 6.24. The van der Waals surface area contributed by atoms with E-state index in [1.54, 1.807) is 37.4 Å². The van der Waals surface area contributed by atoms with Gasteiger partial charge in [-0.25, -0.2) is 13.1 Å². The van der Waals surface area contributed by atoms with Crippen LogP contribution in [0.3, 0.4) is 0 Å². The van der Waals surface area contributed by atoms with Crippen LogP contribution in [0.4, 0.5) is 13.2 Å². The maximum atomic E-state index is 13.2. The summed E-state index contributed by atoms with van der Waals surface area (Å²) in [5.41, 5.74) is 1.24. The first-order valence-electron chi connectivity index (χ1n) is 13.1. The number of fused-ring (bicyclic) bond motifs is 1. The van der Waals surface area contributed by atoms with E-state index in [4.69, 9.17) is 9.47 Å². The van der Waals surface area contributed by atoms with Gasteiger partial charge in [0.2, 0.25) is 15.9 Å². The first kappa shape index (κ1) is 30.5. The smallest absolute Gasteiger partial charge is 0.416 e. The molecule has 0 aliphatic carbocycles. The minimum atomic E-state index is -4.70. The fourth-order valence-electron chi connectivity index (χ4n) is 4.55. The zero-order chi connectivity index (χ0) is 29.5. The number of halogens is 3. The van der Waals surface area contributed by atoms with E-state index in [1.165, 1.54) is 0 Å². The molecular weight excluding hydrogens is 559 g/mol. The number of hydrogen-bond acceptors (Lipinski definition) is 6. The van der Waals surface area contributed by atoms with Gasteiger partial charge in [0, 0.05) is 38.6 Å². The van der Waals surface area contributed by atoms with Crippen molar-refractivity contribution in [1.82, 2.24) is 15.4 Å². The zero-order valence-corrected chi connectivity index (χ0v) is 23.2. The molecule has 0 bridgehead atoms. The summed E-state index contributed by atoms with van der Waals surface area (Å²) in [4.78, 5) is 12.7. The van der Waals surface area contributed by atoms with Crippen LogP contribution < -0.4 is 20.1 Å². The van der Waals surface area contributed by atoms with Gasteiger partial charge < -0.3 is 20.1 Å². The molecule has 2 atom stereocenters. The van der Waals surface area contributed by atoms with Crippen LogP contribution in [-0.2, 0) is 32.3 Å². The van der Waals surface area contributed by atoms with Gasteiger partial charge in [0.25, 0.3) is 0 Å². The normalized spacial score (nSPS) is 16.0. The molecule has 1 aliphatic heterocycles. The second-order valence-electron chi connectivity index (χ2n) is 9.61. The van der Waals surface area contributed by atoms with Gasteiger partial charge in [-0.15, -0.1) is 0 Å². The first-order chi connectivity index (χ1) is 19.6.